The molecule has 1 N–H and O–H groups in total. The van der Waals surface area contributed by atoms with E-state index in [1.165, 1.54) is 19.3 Å². The topological polar surface area (TPSA) is 29.1 Å². The number of nitrogens with one attached hydrogen (secondary N) is 1. The lowest BCUT2D eigenvalue weighted by atomic mass is 9.64. The van der Waals surface area contributed by atoms with Crippen LogP contribution in [0.2, 0.25) is 0 Å². The molecule has 0 aromatic rings. The van der Waals surface area contributed by atoms with Crippen LogP contribution >= 0.6 is 0 Å². The van der Waals surface area contributed by atoms with Crippen LogP contribution in [0, 0.1) is 29.1 Å². The highest BCUT2D eigenvalue weighted by Crippen LogP contribution is 2.41. The molecule has 2 aliphatic rings. The molecule has 0 radical (unpaired) electrons. The van der Waals surface area contributed by atoms with Crippen LogP contribution in [-0.4, -0.2) is 18.9 Å². The number of rotatable bonds is 3. The van der Waals surface area contributed by atoms with Crippen molar-refractivity contribution in [2.24, 2.45) is 29.1 Å². The van der Waals surface area contributed by atoms with Crippen LogP contribution in [0.4, 0.5) is 0 Å². The second-order valence-electron chi connectivity index (χ2n) is 7.59. The molecule has 0 aromatic carbocycles. The van der Waals surface area contributed by atoms with Crippen LogP contribution in [0.3, 0.4) is 0 Å². The smallest absolute Gasteiger partial charge is 0.141 e. The number of carbonyl (C=O) groups is 1. The van der Waals surface area contributed by atoms with Gasteiger partial charge in [0.2, 0.25) is 0 Å². The average molecular weight is 265 g/mol. The molecule has 2 rings (SSSR count). The third-order valence-corrected chi connectivity index (χ3v) is 5.92. The molecule has 2 heteroatoms. The number of ketones is 1. The molecule has 0 amide bonds. The van der Waals surface area contributed by atoms with E-state index in [0.29, 0.717) is 23.5 Å². The fourth-order valence-electron chi connectivity index (χ4n) is 3.98. The highest BCUT2D eigenvalue weighted by atomic mass is 16.1. The van der Waals surface area contributed by atoms with Crippen molar-refractivity contribution >= 4 is 5.78 Å². The Kier molecular flexibility index (Phi) is 4.70. The van der Waals surface area contributed by atoms with E-state index in [4.69, 9.17) is 0 Å². The lowest BCUT2D eigenvalue weighted by molar-refractivity contribution is -0.136. The van der Waals surface area contributed by atoms with Gasteiger partial charge in [0, 0.05) is 11.3 Å². The summed E-state index contributed by atoms with van der Waals surface area (Å²) in [6, 6.07) is 0. The number of hydrogen-bond donors (Lipinski definition) is 1. The fraction of sp³-hybridized carbons (Fsp3) is 0.941. The van der Waals surface area contributed by atoms with E-state index in [1.807, 2.05) is 0 Å². The molecule has 1 aliphatic carbocycles. The van der Waals surface area contributed by atoms with Crippen molar-refractivity contribution in [2.45, 2.75) is 59.8 Å². The molecular formula is C17H31NO. The van der Waals surface area contributed by atoms with Gasteiger partial charge in [-0.25, -0.2) is 0 Å². The molecule has 0 aromatic heterocycles. The largest absolute Gasteiger partial charge is 0.316 e. The maximum Gasteiger partial charge on any atom is 0.141 e. The zero-order valence-electron chi connectivity index (χ0n) is 13.2. The van der Waals surface area contributed by atoms with Gasteiger partial charge in [-0.05, 0) is 62.9 Å². The summed E-state index contributed by atoms with van der Waals surface area (Å²) in [5, 5.41) is 3.46. The van der Waals surface area contributed by atoms with E-state index in [9.17, 15) is 4.79 Å². The van der Waals surface area contributed by atoms with Crippen LogP contribution < -0.4 is 5.32 Å². The van der Waals surface area contributed by atoms with Crippen molar-refractivity contribution in [1.82, 2.24) is 5.32 Å². The zero-order chi connectivity index (χ0) is 14.0. The van der Waals surface area contributed by atoms with E-state index in [0.717, 1.165) is 31.8 Å². The normalized spacial score (nSPS) is 37.1. The molecule has 4 atom stereocenters. The van der Waals surface area contributed by atoms with Crippen LogP contribution in [0.25, 0.3) is 0 Å². The third-order valence-electron chi connectivity index (χ3n) is 5.92. The van der Waals surface area contributed by atoms with E-state index in [-0.39, 0.29) is 5.41 Å². The molecule has 1 saturated heterocycles. The van der Waals surface area contributed by atoms with Gasteiger partial charge in [-0.15, -0.1) is 0 Å². The molecule has 2 nitrogen and oxygen atoms in total. The van der Waals surface area contributed by atoms with Gasteiger partial charge in [0.1, 0.15) is 5.78 Å². The van der Waals surface area contributed by atoms with Gasteiger partial charge in [-0.1, -0.05) is 27.7 Å². The van der Waals surface area contributed by atoms with Gasteiger partial charge in [-0.2, -0.15) is 0 Å². The summed E-state index contributed by atoms with van der Waals surface area (Å²) in [4.78, 5) is 12.9. The molecule has 2 fully saturated rings. The molecule has 1 aliphatic heterocycles. The highest BCUT2D eigenvalue weighted by molar-refractivity contribution is 5.86. The van der Waals surface area contributed by atoms with E-state index >= 15 is 0 Å². The zero-order valence-corrected chi connectivity index (χ0v) is 13.2. The van der Waals surface area contributed by atoms with Crippen molar-refractivity contribution in [2.75, 3.05) is 13.1 Å². The van der Waals surface area contributed by atoms with Crippen LogP contribution in [-0.2, 0) is 4.79 Å². The predicted molar refractivity (Wildman–Crippen MR) is 80.1 cm³/mol. The van der Waals surface area contributed by atoms with E-state index in [1.54, 1.807) is 0 Å². The molecular weight excluding hydrogens is 234 g/mol. The van der Waals surface area contributed by atoms with Crippen molar-refractivity contribution in [3.63, 3.8) is 0 Å². The molecule has 110 valence electrons. The molecule has 1 heterocycles. The Morgan fingerprint density at radius 2 is 1.84 bits per heavy atom. The van der Waals surface area contributed by atoms with Gasteiger partial charge >= 0.3 is 0 Å². The summed E-state index contributed by atoms with van der Waals surface area (Å²) in [6.45, 7) is 11.2. The number of piperidine rings is 1. The van der Waals surface area contributed by atoms with Gasteiger partial charge in [0.05, 0.1) is 0 Å². The van der Waals surface area contributed by atoms with Crippen LogP contribution in [0.5, 0.6) is 0 Å². The Hall–Kier alpha value is -0.370. The first-order valence-corrected chi connectivity index (χ1v) is 8.18. The Morgan fingerprint density at radius 3 is 2.42 bits per heavy atom. The molecule has 4 unspecified atom stereocenters. The molecule has 0 bridgehead atoms. The summed E-state index contributed by atoms with van der Waals surface area (Å²) in [7, 11) is 0. The minimum Gasteiger partial charge on any atom is -0.316 e. The molecule has 0 spiro atoms. The monoisotopic (exact) mass is 265 g/mol. The third kappa shape index (κ3) is 3.21. The minimum atomic E-state index is -0.140. The summed E-state index contributed by atoms with van der Waals surface area (Å²) in [6.07, 6.45) is 5.90. The van der Waals surface area contributed by atoms with Crippen LogP contribution in [0.1, 0.15) is 59.8 Å². The van der Waals surface area contributed by atoms with E-state index < -0.39 is 0 Å². The average Bonchev–Trinajstić information content (AvgIpc) is 2.42. The number of hydrogen-bond acceptors (Lipinski definition) is 2. The fourth-order valence-corrected chi connectivity index (χ4v) is 3.98. The minimum absolute atomic E-state index is 0.140. The Bertz CT molecular complexity index is 317. The second kappa shape index (κ2) is 5.95. The first-order valence-electron chi connectivity index (χ1n) is 8.18. The predicted octanol–water partition coefficient (Wildman–Crippen LogP) is 3.65. The van der Waals surface area contributed by atoms with Crippen molar-refractivity contribution < 1.29 is 4.79 Å². The first kappa shape index (κ1) is 15.0. The summed E-state index contributed by atoms with van der Waals surface area (Å²) < 4.78 is 0. The standard InChI is InChI=1S/C17H31NO/c1-12-7-8-14(10-13(12)2)16(19)17(3,4)15-6-5-9-18-11-15/h12-15,18H,5-11H2,1-4H3. The Balaban J connectivity index is 2.01. The van der Waals surface area contributed by atoms with Gasteiger partial charge in [-0.3, -0.25) is 4.79 Å². The molecule has 1 saturated carbocycles. The lowest BCUT2D eigenvalue weighted by Crippen LogP contribution is -2.45. The van der Waals surface area contributed by atoms with Crippen molar-refractivity contribution in [3.8, 4) is 0 Å². The first-order chi connectivity index (χ1) is 8.93. The summed E-state index contributed by atoms with van der Waals surface area (Å²) in [5.74, 6) is 2.90. The highest BCUT2D eigenvalue weighted by Gasteiger charge is 2.42. The number of Topliss-reactive ketones (excluding diaryl/α,β-unsaturated/α-hetero) is 1. The van der Waals surface area contributed by atoms with Gasteiger partial charge in [0.15, 0.2) is 0 Å². The summed E-state index contributed by atoms with van der Waals surface area (Å²) >= 11 is 0. The van der Waals surface area contributed by atoms with E-state index in [2.05, 4.69) is 33.0 Å². The van der Waals surface area contributed by atoms with Crippen LogP contribution in [0.15, 0.2) is 0 Å². The quantitative estimate of drug-likeness (QED) is 0.844. The Morgan fingerprint density at radius 1 is 1.11 bits per heavy atom. The SMILES string of the molecule is CC1CCC(C(=O)C(C)(C)C2CCCNC2)CC1C. The van der Waals surface area contributed by atoms with Gasteiger partial charge < -0.3 is 5.32 Å². The van der Waals surface area contributed by atoms with Crippen molar-refractivity contribution in [1.29, 1.82) is 0 Å². The lowest BCUT2D eigenvalue weighted by Gasteiger charge is -2.40. The summed E-state index contributed by atoms with van der Waals surface area (Å²) in [5.41, 5.74) is -0.140. The molecule has 19 heavy (non-hydrogen) atoms. The Labute approximate surface area is 118 Å². The van der Waals surface area contributed by atoms with Crippen molar-refractivity contribution in [3.05, 3.63) is 0 Å². The van der Waals surface area contributed by atoms with Gasteiger partial charge in [0.25, 0.3) is 0 Å². The maximum atomic E-state index is 12.9. The number of carbonyl (C=O) groups excluding carboxylic acids is 1. The second-order valence-corrected chi connectivity index (χ2v) is 7.59. The maximum absolute atomic E-state index is 12.9.